The Kier molecular flexibility index (Phi) is 1.54. The molecule has 1 N–H and O–H groups in total. The third-order valence-corrected chi connectivity index (χ3v) is 1.77. The van der Waals surface area contributed by atoms with E-state index in [9.17, 15) is 0 Å². The van der Waals surface area contributed by atoms with Gasteiger partial charge in [0, 0.05) is 19.0 Å². The van der Waals surface area contributed by atoms with Crippen molar-refractivity contribution in [3.8, 4) is 0 Å². The predicted octanol–water partition coefficient (Wildman–Crippen LogP) is -0.0712. The highest BCUT2D eigenvalue weighted by Gasteiger charge is 2.26. The van der Waals surface area contributed by atoms with Gasteiger partial charge in [0.1, 0.15) is 0 Å². The first-order chi connectivity index (χ1) is 3.70. The van der Waals surface area contributed by atoms with Crippen LogP contribution < -0.4 is 0 Å². The molecule has 2 nitrogen and oxygen atoms in total. The van der Waals surface area contributed by atoms with Crippen molar-refractivity contribution < 1.29 is 5.11 Å². The van der Waals surface area contributed by atoms with Crippen LogP contribution >= 0.6 is 0 Å². The number of aliphatic hydroxyl groups excluding tert-OH is 1. The van der Waals surface area contributed by atoms with E-state index in [0.29, 0.717) is 5.92 Å². The zero-order valence-electron chi connectivity index (χ0n) is 5.46. The molecule has 0 aromatic carbocycles. The van der Waals surface area contributed by atoms with Crippen LogP contribution in [0.25, 0.3) is 0 Å². The molecule has 1 heterocycles. The van der Waals surface area contributed by atoms with E-state index in [1.165, 1.54) is 0 Å². The Morgan fingerprint density at radius 3 is 2.25 bits per heavy atom. The minimum Gasteiger partial charge on any atom is -0.393 e. The molecule has 1 rings (SSSR count). The first-order valence-corrected chi connectivity index (χ1v) is 3.07. The van der Waals surface area contributed by atoms with E-state index in [1.54, 1.807) is 0 Å². The van der Waals surface area contributed by atoms with Crippen molar-refractivity contribution >= 4 is 0 Å². The maximum absolute atomic E-state index is 8.96. The lowest BCUT2D eigenvalue weighted by atomic mass is 9.96. The Labute approximate surface area is 50.1 Å². The smallest absolute Gasteiger partial charge is 0.0564 e. The number of hydrogen-bond acceptors (Lipinski definition) is 2. The molecular formula is C6H13NO. The predicted molar refractivity (Wildman–Crippen MR) is 32.7 cm³/mol. The van der Waals surface area contributed by atoms with Crippen LogP contribution in [0.1, 0.15) is 6.92 Å². The van der Waals surface area contributed by atoms with E-state index in [-0.39, 0.29) is 6.10 Å². The number of hydrogen-bond donors (Lipinski definition) is 1. The average molecular weight is 115 g/mol. The molecule has 0 saturated carbocycles. The van der Waals surface area contributed by atoms with Crippen molar-refractivity contribution in [3.63, 3.8) is 0 Å². The van der Waals surface area contributed by atoms with Crippen molar-refractivity contribution in [2.75, 3.05) is 20.1 Å². The summed E-state index contributed by atoms with van der Waals surface area (Å²) < 4.78 is 0. The minimum absolute atomic E-state index is 0.105. The largest absolute Gasteiger partial charge is 0.393 e. The van der Waals surface area contributed by atoms with Gasteiger partial charge in [-0.25, -0.2) is 0 Å². The maximum atomic E-state index is 8.96. The lowest BCUT2D eigenvalue weighted by molar-refractivity contribution is 0.0210. The van der Waals surface area contributed by atoms with E-state index in [2.05, 4.69) is 11.9 Å². The van der Waals surface area contributed by atoms with Crippen LogP contribution in [-0.4, -0.2) is 36.2 Å². The van der Waals surface area contributed by atoms with Crippen LogP contribution in [0.3, 0.4) is 0 Å². The first kappa shape index (κ1) is 6.05. The summed E-state index contributed by atoms with van der Waals surface area (Å²) in [7, 11) is 2.07. The topological polar surface area (TPSA) is 23.5 Å². The van der Waals surface area contributed by atoms with Crippen LogP contribution in [0.4, 0.5) is 0 Å². The van der Waals surface area contributed by atoms with E-state index in [0.717, 1.165) is 13.1 Å². The van der Waals surface area contributed by atoms with Gasteiger partial charge in [-0.3, -0.25) is 0 Å². The van der Waals surface area contributed by atoms with Gasteiger partial charge in [0.2, 0.25) is 0 Å². The fourth-order valence-electron chi connectivity index (χ4n) is 1.05. The molecule has 0 unspecified atom stereocenters. The molecule has 1 saturated heterocycles. The van der Waals surface area contributed by atoms with Gasteiger partial charge >= 0.3 is 0 Å². The number of nitrogens with zero attached hydrogens (tertiary/aromatic N) is 1. The van der Waals surface area contributed by atoms with Gasteiger partial charge in [-0.1, -0.05) is 0 Å². The molecule has 0 radical (unpaired) electrons. The Morgan fingerprint density at radius 1 is 1.62 bits per heavy atom. The quantitative estimate of drug-likeness (QED) is 0.517. The van der Waals surface area contributed by atoms with Crippen molar-refractivity contribution in [1.82, 2.24) is 4.90 Å². The highest BCUT2D eigenvalue weighted by atomic mass is 16.3. The highest BCUT2D eigenvalue weighted by molar-refractivity contribution is 4.80. The van der Waals surface area contributed by atoms with Crippen LogP contribution in [-0.2, 0) is 0 Å². The fraction of sp³-hybridized carbons (Fsp3) is 1.00. The summed E-state index contributed by atoms with van der Waals surface area (Å²) in [6, 6.07) is 0. The molecule has 0 aliphatic carbocycles. The third-order valence-electron chi connectivity index (χ3n) is 1.77. The Hall–Kier alpha value is -0.0800. The Morgan fingerprint density at radius 2 is 2.12 bits per heavy atom. The second kappa shape index (κ2) is 2.03. The van der Waals surface area contributed by atoms with Crippen LogP contribution in [0.15, 0.2) is 0 Å². The molecule has 0 aromatic heterocycles. The van der Waals surface area contributed by atoms with Crippen molar-refractivity contribution in [1.29, 1.82) is 0 Å². The van der Waals surface area contributed by atoms with E-state index in [4.69, 9.17) is 5.11 Å². The van der Waals surface area contributed by atoms with Crippen molar-refractivity contribution in [2.24, 2.45) is 5.92 Å². The molecule has 0 spiro atoms. The maximum Gasteiger partial charge on any atom is 0.0564 e. The molecule has 2 heteroatoms. The molecule has 8 heavy (non-hydrogen) atoms. The molecule has 48 valence electrons. The lowest BCUT2D eigenvalue weighted by Gasteiger charge is -2.37. The summed E-state index contributed by atoms with van der Waals surface area (Å²) in [5.74, 6) is 0.542. The Balaban J connectivity index is 2.15. The number of likely N-dealkylation sites (tertiary alicyclic amines) is 1. The molecule has 0 aromatic rings. The SMILES string of the molecule is C[C@H](O)C1CN(C)C1. The van der Waals surface area contributed by atoms with Crippen molar-refractivity contribution in [2.45, 2.75) is 13.0 Å². The molecular weight excluding hydrogens is 102 g/mol. The lowest BCUT2D eigenvalue weighted by Crippen LogP contribution is -2.48. The van der Waals surface area contributed by atoms with E-state index < -0.39 is 0 Å². The Bertz CT molecular complexity index is 76.6. The summed E-state index contributed by atoms with van der Waals surface area (Å²) in [6.07, 6.45) is -0.105. The molecule has 1 fully saturated rings. The van der Waals surface area contributed by atoms with E-state index >= 15 is 0 Å². The monoisotopic (exact) mass is 115 g/mol. The van der Waals surface area contributed by atoms with Gasteiger partial charge in [-0.15, -0.1) is 0 Å². The summed E-state index contributed by atoms with van der Waals surface area (Å²) in [6.45, 7) is 3.99. The summed E-state index contributed by atoms with van der Waals surface area (Å²) in [5, 5.41) is 8.96. The average Bonchev–Trinajstić information content (AvgIpc) is 1.57. The summed E-state index contributed by atoms with van der Waals surface area (Å²) in [5.41, 5.74) is 0. The normalized spacial score (nSPS) is 27.4. The molecule has 0 amide bonds. The van der Waals surface area contributed by atoms with Crippen molar-refractivity contribution in [3.05, 3.63) is 0 Å². The van der Waals surface area contributed by atoms with Crippen LogP contribution in [0, 0.1) is 5.92 Å². The number of rotatable bonds is 1. The van der Waals surface area contributed by atoms with E-state index in [1.807, 2.05) is 6.92 Å². The highest BCUT2D eigenvalue weighted by Crippen LogP contribution is 2.15. The van der Waals surface area contributed by atoms with Gasteiger partial charge < -0.3 is 10.0 Å². The van der Waals surface area contributed by atoms with Gasteiger partial charge in [0.15, 0.2) is 0 Å². The second-order valence-electron chi connectivity index (χ2n) is 2.72. The summed E-state index contributed by atoms with van der Waals surface area (Å²) >= 11 is 0. The zero-order chi connectivity index (χ0) is 6.15. The first-order valence-electron chi connectivity index (χ1n) is 3.07. The number of aliphatic hydroxyl groups is 1. The van der Waals surface area contributed by atoms with Gasteiger partial charge in [-0.05, 0) is 14.0 Å². The van der Waals surface area contributed by atoms with Gasteiger partial charge in [-0.2, -0.15) is 0 Å². The summed E-state index contributed by atoms with van der Waals surface area (Å²) in [4.78, 5) is 2.21. The molecule has 1 atom stereocenters. The molecule has 1 aliphatic heterocycles. The second-order valence-corrected chi connectivity index (χ2v) is 2.72. The van der Waals surface area contributed by atoms with Crippen LogP contribution in [0.5, 0.6) is 0 Å². The van der Waals surface area contributed by atoms with Crippen LogP contribution in [0.2, 0.25) is 0 Å². The fourth-order valence-corrected chi connectivity index (χ4v) is 1.05. The minimum atomic E-state index is -0.105. The third kappa shape index (κ3) is 1.01. The molecule has 0 bridgehead atoms. The van der Waals surface area contributed by atoms with Gasteiger partial charge in [0.05, 0.1) is 6.10 Å². The van der Waals surface area contributed by atoms with Gasteiger partial charge in [0.25, 0.3) is 0 Å². The zero-order valence-corrected chi connectivity index (χ0v) is 5.46. The molecule has 1 aliphatic rings. The standard InChI is InChI=1S/C6H13NO/c1-5(8)6-3-7(2)4-6/h5-6,8H,3-4H2,1-2H3/t5-/m0/s1.